The van der Waals surface area contributed by atoms with Crippen LogP contribution in [0.2, 0.25) is 0 Å². The van der Waals surface area contributed by atoms with Gasteiger partial charge in [0.05, 0.1) is 11.3 Å². The summed E-state index contributed by atoms with van der Waals surface area (Å²) < 4.78 is 43.9. The summed E-state index contributed by atoms with van der Waals surface area (Å²) in [5.41, 5.74) is 1.90. The molecule has 0 amide bonds. The van der Waals surface area contributed by atoms with Crippen molar-refractivity contribution < 1.29 is 27.8 Å². The summed E-state index contributed by atoms with van der Waals surface area (Å²) in [4.78, 5) is 15.8. The number of hydrogen-bond donors (Lipinski definition) is 2. The highest BCUT2D eigenvalue weighted by molar-refractivity contribution is 7.14. The van der Waals surface area contributed by atoms with Crippen LogP contribution < -0.4 is 10.1 Å². The number of nitrogens with one attached hydrogen (secondary N) is 1. The highest BCUT2D eigenvalue weighted by atomic mass is 32.1. The van der Waals surface area contributed by atoms with E-state index in [1.807, 2.05) is 26.0 Å². The highest BCUT2D eigenvalue weighted by Crippen LogP contribution is 2.32. The third-order valence-corrected chi connectivity index (χ3v) is 5.76. The van der Waals surface area contributed by atoms with Crippen LogP contribution in [-0.4, -0.2) is 21.7 Å². The molecule has 0 atom stereocenters. The number of aliphatic carboxylic acids is 1. The van der Waals surface area contributed by atoms with E-state index >= 15 is 0 Å². The number of aryl methyl sites for hydroxylation is 2. The molecule has 5 nitrogen and oxygen atoms in total. The van der Waals surface area contributed by atoms with E-state index in [4.69, 9.17) is 4.74 Å². The first kappa shape index (κ1) is 23.6. The van der Waals surface area contributed by atoms with Crippen molar-refractivity contribution in [1.82, 2.24) is 4.98 Å². The number of hydrogen-bond acceptors (Lipinski definition) is 5. The molecule has 0 fully saturated rings. The molecule has 2 aromatic carbocycles. The lowest BCUT2D eigenvalue weighted by Gasteiger charge is -2.23. The van der Waals surface area contributed by atoms with Crippen LogP contribution in [0, 0.1) is 13.8 Å². The van der Waals surface area contributed by atoms with E-state index < -0.39 is 23.3 Å². The van der Waals surface area contributed by atoms with Gasteiger partial charge in [0.25, 0.3) is 0 Å². The summed E-state index contributed by atoms with van der Waals surface area (Å²) in [6.45, 7) is 7.23. The fraction of sp³-hybridized carbons (Fsp3) is 0.304. The predicted molar refractivity (Wildman–Crippen MR) is 118 cm³/mol. The van der Waals surface area contributed by atoms with Gasteiger partial charge in [-0.2, -0.15) is 13.2 Å². The number of thiazole rings is 1. The van der Waals surface area contributed by atoms with Crippen LogP contribution in [0.25, 0.3) is 11.3 Å². The van der Waals surface area contributed by atoms with E-state index in [0.29, 0.717) is 28.7 Å². The molecule has 0 saturated carbocycles. The fourth-order valence-corrected chi connectivity index (χ4v) is 3.68. The van der Waals surface area contributed by atoms with Crippen molar-refractivity contribution in [2.24, 2.45) is 0 Å². The molecule has 1 heterocycles. The lowest BCUT2D eigenvalue weighted by Crippen LogP contribution is -2.38. The Labute approximate surface area is 187 Å². The van der Waals surface area contributed by atoms with Crippen LogP contribution in [0.4, 0.5) is 18.3 Å². The van der Waals surface area contributed by atoms with Crippen molar-refractivity contribution >= 4 is 22.4 Å². The zero-order valence-corrected chi connectivity index (χ0v) is 18.8. The number of nitrogens with zero attached hydrogens (tertiary/aromatic N) is 1. The van der Waals surface area contributed by atoms with E-state index in [1.54, 1.807) is 5.38 Å². The normalized spacial score (nSPS) is 12.0. The molecule has 9 heteroatoms. The summed E-state index contributed by atoms with van der Waals surface area (Å²) in [6.07, 6.45) is -4.37. The molecular formula is C23H23F3N2O3S. The fourth-order valence-electron chi connectivity index (χ4n) is 2.96. The largest absolute Gasteiger partial charge is 0.478 e. The number of rotatable bonds is 7. The summed E-state index contributed by atoms with van der Waals surface area (Å²) in [6, 6.07) is 8.65. The van der Waals surface area contributed by atoms with Gasteiger partial charge in [-0.1, -0.05) is 18.2 Å². The van der Waals surface area contributed by atoms with Crippen molar-refractivity contribution in [3.8, 4) is 17.0 Å². The molecule has 0 aliphatic carbocycles. The van der Waals surface area contributed by atoms with E-state index in [0.717, 1.165) is 28.8 Å². The zero-order chi connectivity index (χ0) is 23.7. The van der Waals surface area contributed by atoms with Crippen molar-refractivity contribution in [2.75, 3.05) is 5.32 Å². The van der Waals surface area contributed by atoms with Gasteiger partial charge in [-0.25, -0.2) is 9.78 Å². The number of carboxylic acid groups (broad SMARTS) is 1. The van der Waals surface area contributed by atoms with Gasteiger partial charge in [0.2, 0.25) is 0 Å². The van der Waals surface area contributed by atoms with E-state index in [2.05, 4.69) is 10.3 Å². The summed E-state index contributed by atoms with van der Waals surface area (Å²) in [5.74, 6) is -0.537. The van der Waals surface area contributed by atoms with E-state index in [1.165, 1.54) is 37.3 Å². The Hall–Kier alpha value is -3.07. The molecule has 0 spiro atoms. The maximum absolute atomic E-state index is 12.7. The van der Waals surface area contributed by atoms with Crippen LogP contribution in [0.15, 0.2) is 41.8 Å². The zero-order valence-electron chi connectivity index (χ0n) is 18.0. The predicted octanol–water partition coefficient (Wildman–Crippen LogP) is 6.30. The number of aromatic nitrogens is 1. The molecule has 0 aliphatic heterocycles. The third kappa shape index (κ3) is 5.40. The van der Waals surface area contributed by atoms with Gasteiger partial charge in [0, 0.05) is 17.5 Å². The summed E-state index contributed by atoms with van der Waals surface area (Å²) in [7, 11) is 0. The summed E-state index contributed by atoms with van der Waals surface area (Å²) >= 11 is 1.36. The molecule has 2 N–H and O–H groups in total. The number of halogens is 3. The second-order valence-electron chi connectivity index (χ2n) is 7.93. The van der Waals surface area contributed by atoms with Crippen LogP contribution in [-0.2, 0) is 17.5 Å². The van der Waals surface area contributed by atoms with Crippen LogP contribution in [0.5, 0.6) is 5.75 Å². The average molecular weight is 465 g/mol. The second kappa shape index (κ2) is 8.82. The van der Waals surface area contributed by atoms with Gasteiger partial charge in [0.1, 0.15) is 5.75 Å². The average Bonchev–Trinajstić information content (AvgIpc) is 3.17. The lowest BCUT2D eigenvalue weighted by molar-refractivity contribution is -0.152. The van der Waals surface area contributed by atoms with Gasteiger partial charge >= 0.3 is 12.1 Å². The molecule has 0 saturated heterocycles. The first-order valence-corrected chi connectivity index (χ1v) is 10.6. The van der Waals surface area contributed by atoms with E-state index in [-0.39, 0.29) is 0 Å². The Bertz CT molecular complexity index is 1120. The third-order valence-electron chi connectivity index (χ3n) is 4.96. The molecule has 0 unspecified atom stereocenters. The minimum absolute atomic E-state index is 0.481. The molecule has 170 valence electrons. The molecule has 1 aromatic heterocycles. The first-order chi connectivity index (χ1) is 14.9. The molecule has 3 aromatic rings. The highest BCUT2D eigenvalue weighted by Gasteiger charge is 2.31. The maximum atomic E-state index is 12.7. The van der Waals surface area contributed by atoms with Gasteiger partial charge in [0.15, 0.2) is 10.7 Å². The van der Waals surface area contributed by atoms with Crippen molar-refractivity contribution in [3.63, 3.8) is 0 Å². The smallest absolute Gasteiger partial charge is 0.416 e. The van der Waals surface area contributed by atoms with Gasteiger partial charge in [-0.15, -0.1) is 11.3 Å². The minimum Gasteiger partial charge on any atom is -0.478 e. The van der Waals surface area contributed by atoms with Crippen molar-refractivity contribution in [2.45, 2.75) is 46.0 Å². The number of carbonyl (C=O) groups is 1. The Morgan fingerprint density at radius 2 is 1.78 bits per heavy atom. The Kier molecular flexibility index (Phi) is 6.50. The molecule has 0 bridgehead atoms. The Balaban J connectivity index is 1.69. The number of anilines is 1. The quantitative estimate of drug-likeness (QED) is 0.429. The standard InChI is InChI=1S/C23H23F3N2O3S/c1-13-10-19(31-22(3,4)20(29)30)14(2)9-16(13)11-27-21-28-18(12-32-21)15-5-7-17(8-6-15)23(24,25)26/h5-10,12H,11H2,1-4H3,(H,27,28)(H,29,30). The minimum atomic E-state index is -4.37. The van der Waals surface area contributed by atoms with Gasteiger partial charge in [-0.3, -0.25) is 0 Å². The number of carboxylic acids is 1. The number of benzene rings is 2. The summed E-state index contributed by atoms with van der Waals surface area (Å²) in [5, 5.41) is 14.9. The SMILES string of the molecule is Cc1cc(OC(C)(C)C(=O)O)c(C)cc1CNc1nc(-c2ccc(C(F)(F)F)cc2)cs1. The van der Waals surface area contributed by atoms with Crippen LogP contribution in [0.3, 0.4) is 0 Å². The van der Waals surface area contributed by atoms with Crippen LogP contribution in [0.1, 0.15) is 36.1 Å². The topological polar surface area (TPSA) is 71.5 Å². The van der Waals surface area contributed by atoms with Gasteiger partial charge in [-0.05, 0) is 62.6 Å². The second-order valence-corrected chi connectivity index (χ2v) is 8.79. The number of ether oxygens (including phenoxy) is 1. The molecular weight excluding hydrogens is 441 g/mol. The monoisotopic (exact) mass is 464 g/mol. The van der Waals surface area contributed by atoms with Crippen molar-refractivity contribution in [3.05, 3.63) is 64.0 Å². The molecule has 32 heavy (non-hydrogen) atoms. The molecule has 3 rings (SSSR count). The number of alkyl halides is 3. The Morgan fingerprint density at radius 3 is 2.38 bits per heavy atom. The van der Waals surface area contributed by atoms with Crippen LogP contribution >= 0.6 is 11.3 Å². The van der Waals surface area contributed by atoms with E-state index in [9.17, 15) is 23.1 Å². The Morgan fingerprint density at radius 1 is 1.12 bits per heavy atom. The molecule has 0 radical (unpaired) electrons. The molecule has 0 aliphatic rings. The van der Waals surface area contributed by atoms with Gasteiger partial charge < -0.3 is 15.2 Å². The van der Waals surface area contributed by atoms with Crippen molar-refractivity contribution in [1.29, 1.82) is 0 Å². The lowest BCUT2D eigenvalue weighted by atomic mass is 10.0. The first-order valence-electron chi connectivity index (χ1n) is 9.76. The maximum Gasteiger partial charge on any atom is 0.416 e.